The molecule has 1 aliphatic rings. The average molecular weight is 316 g/mol. The van der Waals surface area contributed by atoms with Gasteiger partial charge >= 0.3 is 6.03 Å². The summed E-state index contributed by atoms with van der Waals surface area (Å²) in [7, 11) is 0. The molecule has 1 saturated heterocycles. The minimum atomic E-state index is -0.235. The van der Waals surface area contributed by atoms with Crippen LogP contribution in [0.5, 0.6) is 0 Å². The molecule has 0 radical (unpaired) electrons. The number of carbonyl (C=O) groups excluding carboxylic acids is 1. The number of nitrogens with one attached hydrogen (secondary N) is 3. The van der Waals surface area contributed by atoms with Gasteiger partial charge in [0.2, 0.25) is 0 Å². The number of anilines is 1. The molecule has 1 aromatic carbocycles. The summed E-state index contributed by atoms with van der Waals surface area (Å²) in [6, 6.07) is 4.85. The lowest BCUT2D eigenvalue weighted by atomic mass is 9.93. The van der Waals surface area contributed by atoms with Crippen molar-refractivity contribution in [3.8, 4) is 0 Å². The fraction of sp³-hybridized carbons (Fsp3) is 0.500. The van der Waals surface area contributed by atoms with Crippen LogP contribution in [-0.2, 0) is 0 Å². The van der Waals surface area contributed by atoms with Crippen LogP contribution in [0.15, 0.2) is 18.2 Å². The van der Waals surface area contributed by atoms with Gasteiger partial charge in [0, 0.05) is 21.8 Å². The monoisotopic (exact) mass is 315 g/mol. The van der Waals surface area contributed by atoms with Gasteiger partial charge in [0.15, 0.2) is 0 Å². The van der Waals surface area contributed by atoms with Crippen LogP contribution in [0.1, 0.15) is 19.8 Å². The largest absolute Gasteiger partial charge is 0.335 e. The smallest absolute Gasteiger partial charge is 0.319 e. The van der Waals surface area contributed by atoms with Crippen LogP contribution in [-0.4, -0.2) is 25.2 Å². The van der Waals surface area contributed by atoms with Crippen LogP contribution in [0.4, 0.5) is 10.5 Å². The molecule has 0 aromatic heterocycles. The number of amides is 2. The molecule has 3 N–H and O–H groups in total. The van der Waals surface area contributed by atoms with Gasteiger partial charge in [-0.2, -0.15) is 0 Å². The summed E-state index contributed by atoms with van der Waals surface area (Å²) >= 11 is 11.8. The van der Waals surface area contributed by atoms with E-state index in [2.05, 4.69) is 16.0 Å². The molecule has 0 spiro atoms. The van der Waals surface area contributed by atoms with Crippen molar-refractivity contribution in [3.05, 3.63) is 28.2 Å². The molecule has 1 aromatic rings. The summed E-state index contributed by atoms with van der Waals surface area (Å²) in [5.41, 5.74) is 0.592. The van der Waals surface area contributed by atoms with E-state index in [1.54, 1.807) is 18.2 Å². The van der Waals surface area contributed by atoms with Gasteiger partial charge < -0.3 is 16.0 Å². The Bertz CT molecular complexity index is 455. The Balaban J connectivity index is 1.88. The lowest BCUT2D eigenvalue weighted by molar-refractivity contribution is 0.238. The average Bonchev–Trinajstić information content (AvgIpc) is 2.38. The second kappa shape index (κ2) is 7.16. The van der Waals surface area contributed by atoms with Crippen molar-refractivity contribution in [2.75, 3.05) is 18.4 Å². The van der Waals surface area contributed by atoms with E-state index in [4.69, 9.17) is 23.2 Å². The summed E-state index contributed by atoms with van der Waals surface area (Å²) in [5, 5.41) is 10.1. The van der Waals surface area contributed by atoms with Gasteiger partial charge in [-0.3, -0.25) is 0 Å². The highest BCUT2D eigenvalue weighted by atomic mass is 35.5. The number of urea groups is 1. The summed E-state index contributed by atoms with van der Waals surface area (Å²) in [6.45, 7) is 4.04. The summed E-state index contributed by atoms with van der Waals surface area (Å²) in [5.74, 6) is 0.470. The first kappa shape index (κ1) is 15.4. The number of hydrogen-bond donors (Lipinski definition) is 3. The number of carbonyl (C=O) groups is 1. The van der Waals surface area contributed by atoms with Crippen LogP contribution in [0, 0.1) is 5.92 Å². The van der Waals surface area contributed by atoms with Gasteiger partial charge in [-0.05, 0) is 57.0 Å². The first-order valence-corrected chi connectivity index (χ1v) is 7.54. The van der Waals surface area contributed by atoms with Crippen LogP contribution in [0.25, 0.3) is 0 Å². The molecule has 1 heterocycles. The van der Waals surface area contributed by atoms with Gasteiger partial charge in [0.1, 0.15) is 0 Å². The Labute approximate surface area is 129 Å². The van der Waals surface area contributed by atoms with Crippen molar-refractivity contribution in [2.24, 2.45) is 5.92 Å². The predicted molar refractivity (Wildman–Crippen MR) is 83.7 cm³/mol. The first-order valence-electron chi connectivity index (χ1n) is 6.79. The first-order chi connectivity index (χ1) is 9.54. The molecule has 6 heteroatoms. The maximum Gasteiger partial charge on any atom is 0.319 e. The van der Waals surface area contributed by atoms with Crippen molar-refractivity contribution in [1.82, 2.24) is 10.6 Å². The standard InChI is InChI=1S/C14H19Cl2N3O/c1-9(10-3-2-4-17-8-10)18-14(20)19-13-6-11(15)5-12(16)7-13/h5-7,9-10,17H,2-4,8H2,1H3,(H2,18,19,20). The van der Waals surface area contributed by atoms with Crippen molar-refractivity contribution in [1.29, 1.82) is 0 Å². The second-order valence-corrected chi connectivity index (χ2v) is 6.02. The van der Waals surface area contributed by atoms with Crippen LogP contribution >= 0.6 is 23.2 Å². The van der Waals surface area contributed by atoms with Gasteiger partial charge in [-0.15, -0.1) is 0 Å². The third-order valence-corrected chi connectivity index (χ3v) is 3.96. The Hall–Kier alpha value is -0.970. The number of halogens is 2. The quantitative estimate of drug-likeness (QED) is 0.799. The molecule has 2 rings (SSSR count). The summed E-state index contributed by atoms with van der Waals surface area (Å²) < 4.78 is 0. The molecule has 1 fully saturated rings. The fourth-order valence-corrected chi connectivity index (χ4v) is 2.95. The molecule has 4 nitrogen and oxygen atoms in total. The molecule has 2 atom stereocenters. The molecule has 110 valence electrons. The zero-order valence-corrected chi connectivity index (χ0v) is 12.9. The van der Waals surface area contributed by atoms with E-state index >= 15 is 0 Å². The zero-order chi connectivity index (χ0) is 14.5. The Morgan fingerprint density at radius 1 is 1.35 bits per heavy atom. The molecule has 0 aliphatic carbocycles. The van der Waals surface area contributed by atoms with Crippen molar-refractivity contribution < 1.29 is 4.79 Å². The minimum Gasteiger partial charge on any atom is -0.335 e. The summed E-state index contributed by atoms with van der Waals surface area (Å²) in [4.78, 5) is 12.0. The molecular weight excluding hydrogens is 297 g/mol. The maximum absolute atomic E-state index is 12.0. The Morgan fingerprint density at radius 3 is 2.65 bits per heavy atom. The molecular formula is C14H19Cl2N3O. The number of benzene rings is 1. The normalized spacial score (nSPS) is 20.2. The lowest BCUT2D eigenvalue weighted by Crippen LogP contribution is -2.45. The molecule has 2 amide bonds. The minimum absolute atomic E-state index is 0.123. The third-order valence-electron chi connectivity index (χ3n) is 3.52. The highest BCUT2D eigenvalue weighted by Crippen LogP contribution is 2.22. The third kappa shape index (κ3) is 4.54. The molecule has 2 unspecified atom stereocenters. The van der Waals surface area contributed by atoms with Crippen molar-refractivity contribution in [3.63, 3.8) is 0 Å². The predicted octanol–water partition coefficient (Wildman–Crippen LogP) is 3.50. The number of piperidine rings is 1. The maximum atomic E-state index is 12.0. The number of hydrogen-bond acceptors (Lipinski definition) is 2. The van der Waals surface area contributed by atoms with Crippen LogP contribution < -0.4 is 16.0 Å². The Morgan fingerprint density at radius 2 is 2.05 bits per heavy atom. The van der Waals surface area contributed by atoms with E-state index in [1.807, 2.05) is 6.92 Å². The molecule has 20 heavy (non-hydrogen) atoms. The molecule has 1 aliphatic heterocycles. The molecule has 0 bridgehead atoms. The zero-order valence-electron chi connectivity index (χ0n) is 11.4. The highest BCUT2D eigenvalue weighted by molar-refractivity contribution is 6.35. The van der Waals surface area contributed by atoms with Crippen LogP contribution in [0.2, 0.25) is 10.0 Å². The Kier molecular flexibility index (Phi) is 5.52. The van der Waals surface area contributed by atoms with Gasteiger partial charge in [0.05, 0.1) is 0 Å². The topological polar surface area (TPSA) is 53.2 Å². The second-order valence-electron chi connectivity index (χ2n) is 5.15. The van der Waals surface area contributed by atoms with Gasteiger partial charge in [-0.1, -0.05) is 23.2 Å². The van der Waals surface area contributed by atoms with E-state index in [0.717, 1.165) is 25.9 Å². The van der Waals surface area contributed by atoms with Crippen LogP contribution in [0.3, 0.4) is 0 Å². The van der Waals surface area contributed by atoms with Gasteiger partial charge in [-0.25, -0.2) is 4.79 Å². The van der Waals surface area contributed by atoms with E-state index in [1.165, 1.54) is 0 Å². The molecule has 0 saturated carbocycles. The van der Waals surface area contributed by atoms with E-state index < -0.39 is 0 Å². The van der Waals surface area contributed by atoms with Crippen molar-refractivity contribution in [2.45, 2.75) is 25.8 Å². The summed E-state index contributed by atoms with van der Waals surface area (Å²) in [6.07, 6.45) is 2.29. The SMILES string of the molecule is CC(NC(=O)Nc1cc(Cl)cc(Cl)c1)C1CCCNC1. The van der Waals surface area contributed by atoms with Gasteiger partial charge in [0.25, 0.3) is 0 Å². The van der Waals surface area contributed by atoms with Crippen molar-refractivity contribution >= 4 is 34.9 Å². The number of rotatable bonds is 3. The van der Waals surface area contributed by atoms with E-state index in [-0.39, 0.29) is 12.1 Å². The lowest BCUT2D eigenvalue weighted by Gasteiger charge is -2.28. The highest BCUT2D eigenvalue weighted by Gasteiger charge is 2.21. The van der Waals surface area contributed by atoms with E-state index in [0.29, 0.717) is 21.7 Å². The van der Waals surface area contributed by atoms with E-state index in [9.17, 15) is 4.79 Å². The fourth-order valence-electron chi connectivity index (χ4n) is 2.42.